The first-order chi connectivity index (χ1) is 9.15. The first kappa shape index (κ1) is 13.9. The van der Waals surface area contributed by atoms with Gasteiger partial charge < -0.3 is 14.2 Å². The SMILES string of the molecule is COc1cc(CCl)c([N+](=O)[O-])cc1OC1CCOC1. The van der Waals surface area contributed by atoms with Crippen LogP contribution in [0.2, 0.25) is 0 Å². The van der Waals surface area contributed by atoms with Crippen LogP contribution in [0, 0.1) is 10.1 Å². The molecule has 0 radical (unpaired) electrons. The standard InChI is InChI=1S/C12H14ClNO5/c1-17-11-4-8(6-13)10(14(15)16)5-12(11)19-9-2-3-18-7-9/h4-5,9H,2-3,6-7H2,1H3. The van der Waals surface area contributed by atoms with E-state index in [1.54, 1.807) is 0 Å². The number of benzene rings is 1. The van der Waals surface area contributed by atoms with Crippen molar-refractivity contribution in [1.82, 2.24) is 0 Å². The lowest BCUT2D eigenvalue weighted by molar-refractivity contribution is -0.385. The highest BCUT2D eigenvalue weighted by Crippen LogP contribution is 2.36. The molecular formula is C12H14ClNO5. The van der Waals surface area contributed by atoms with E-state index >= 15 is 0 Å². The largest absolute Gasteiger partial charge is 0.493 e. The Kier molecular flexibility index (Phi) is 4.44. The highest BCUT2D eigenvalue weighted by molar-refractivity contribution is 6.17. The summed E-state index contributed by atoms with van der Waals surface area (Å²) in [5.74, 6) is 0.825. The minimum atomic E-state index is -0.477. The van der Waals surface area contributed by atoms with Gasteiger partial charge in [0.25, 0.3) is 5.69 Å². The Labute approximate surface area is 115 Å². The molecule has 0 spiro atoms. The fourth-order valence-corrected chi connectivity index (χ4v) is 2.12. The zero-order chi connectivity index (χ0) is 13.8. The van der Waals surface area contributed by atoms with E-state index in [0.29, 0.717) is 30.3 Å². The molecule has 0 bridgehead atoms. The van der Waals surface area contributed by atoms with E-state index in [4.69, 9.17) is 25.8 Å². The second-order valence-electron chi connectivity index (χ2n) is 4.13. The average Bonchev–Trinajstić information content (AvgIpc) is 2.91. The number of hydrogen-bond acceptors (Lipinski definition) is 5. The molecule has 1 aromatic carbocycles. The highest BCUT2D eigenvalue weighted by Gasteiger charge is 2.23. The molecular weight excluding hydrogens is 274 g/mol. The van der Waals surface area contributed by atoms with Crippen molar-refractivity contribution in [3.05, 3.63) is 27.8 Å². The van der Waals surface area contributed by atoms with Crippen molar-refractivity contribution in [3.8, 4) is 11.5 Å². The third kappa shape index (κ3) is 3.08. The molecule has 0 amide bonds. The predicted octanol–water partition coefficient (Wildman–Crippen LogP) is 2.51. The van der Waals surface area contributed by atoms with Gasteiger partial charge >= 0.3 is 0 Å². The van der Waals surface area contributed by atoms with Crippen LogP contribution < -0.4 is 9.47 Å². The Morgan fingerprint density at radius 1 is 1.53 bits per heavy atom. The second kappa shape index (κ2) is 6.08. The van der Waals surface area contributed by atoms with Crippen molar-refractivity contribution < 1.29 is 19.1 Å². The molecule has 6 nitrogen and oxygen atoms in total. The van der Waals surface area contributed by atoms with Gasteiger partial charge in [-0.1, -0.05) is 0 Å². The first-order valence-corrected chi connectivity index (χ1v) is 6.34. The molecule has 0 aromatic heterocycles. The van der Waals surface area contributed by atoms with Gasteiger partial charge in [0, 0.05) is 12.0 Å². The van der Waals surface area contributed by atoms with Crippen molar-refractivity contribution in [2.75, 3.05) is 20.3 Å². The molecule has 0 aliphatic carbocycles. The van der Waals surface area contributed by atoms with E-state index in [-0.39, 0.29) is 17.7 Å². The third-order valence-corrected chi connectivity index (χ3v) is 3.18. The van der Waals surface area contributed by atoms with Gasteiger partial charge in [-0.2, -0.15) is 0 Å². The van der Waals surface area contributed by atoms with Crippen molar-refractivity contribution in [2.45, 2.75) is 18.4 Å². The van der Waals surface area contributed by atoms with E-state index < -0.39 is 4.92 Å². The number of nitro benzene ring substituents is 1. The molecule has 19 heavy (non-hydrogen) atoms. The first-order valence-electron chi connectivity index (χ1n) is 5.81. The molecule has 0 N–H and O–H groups in total. The Bertz CT molecular complexity index is 473. The zero-order valence-electron chi connectivity index (χ0n) is 10.4. The molecule has 1 atom stereocenters. The fourth-order valence-electron chi connectivity index (χ4n) is 1.91. The average molecular weight is 288 g/mol. The van der Waals surface area contributed by atoms with Gasteiger partial charge in [-0.3, -0.25) is 10.1 Å². The topological polar surface area (TPSA) is 70.8 Å². The van der Waals surface area contributed by atoms with Crippen LogP contribution in [-0.4, -0.2) is 31.4 Å². The summed E-state index contributed by atoms with van der Waals surface area (Å²) < 4.78 is 16.1. The maximum atomic E-state index is 11.0. The van der Waals surface area contributed by atoms with Crippen LogP contribution in [0.1, 0.15) is 12.0 Å². The Balaban J connectivity index is 2.34. The lowest BCUT2D eigenvalue weighted by Crippen LogP contribution is -2.16. The van der Waals surface area contributed by atoms with Crippen LogP contribution in [0.5, 0.6) is 11.5 Å². The second-order valence-corrected chi connectivity index (χ2v) is 4.39. The van der Waals surface area contributed by atoms with Gasteiger partial charge in [-0.15, -0.1) is 11.6 Å². The van der Waals surface area contributed by atoms with Crippen LogP contribution in [0.3, 0.4) is 0 Å². The molecule has 1 fully saturated rings. The minimum absolute atomic E-state index is 0.0412. The molecule has 1 aromatic rings. The van der Waals surface area contributed by atoms with Gasteiger partial charge in [0.15, 0.2) is 11.5 Å². The Morgan fingerprint density at radius 3 is 2.84 bits per heavy atom. The zero-order valence-corrected chi connectivity index (χ0v) is 11.2. The van der Waals surface area contributed by atoms with E-state index in [1.807, 2.05) is 0 Å². The van der Waals surface area contributed by atoms with Gasteiger partial charge in [-0.05, 0) is 6.07 Å². The number of nitrogens with zero attached hydrogens (tertiary/aromatic N) is 1. The number of hydrogen-bond donors (Lipinski definition) is 0. The van der Waals surface area contributed by atoms with E-state index in [0.717, 1.165) is 6.42 Å². The number of methoxy groups -OCH3 is 1. The maximum Gasteiger partial charge on any atom is 0.277 e. The van der Waals surface area contributed by atoms with Crippen molar-refractivity contribution in [1.29, 1.82) is 0 Å². The van der Waals surface area contributed by atoms with Crippen LogP contribution in [0.4, 0.5) is 5.69 Å². The van der Waals surface area contributed by atoms with Gasteiger partial charge in [-0.25, -0.2) is 0 Å². The number of rotatable bonds is 5. The molecule has 1 aliphatic rings. The normalized spacial score (nSPS) is 18.3. The van der Waals surface area contributed by atoms with Crippen LogP contribution >= 0.6 is 11.6 Å². The summed E-state index contributed by atoms with van der Waals surface area (Å²) in [6.07, 6.45) is 0.657. The third-order valence-electron chi connectivity index (χ3n) is 2.89. The smallest absolute Gasteiger partial charge is 0.277 e. The summed E-state index contributed by atoms with van der Waals surface area (Å²) in [7, 11) is 1.48. The Hall–Kier alpha value is -1.53. The number of halogens is 1. The van der Waals surface area contributed by atoms with Crippen molar-refractivity contribution >= 4 is 17.3 Å². The van der Waals surface area contributed by atoms with Gasteiger partial charge in [0.2, 0.25) is 0 Å². The summed E-state index contributed by atoms with van der Waals surface area (Å²) in [6.45, 7) is 1.11. The molecule has 1 heterocycles. The monoisotopic (exact) mass is 287 g/mol. The summed E-state index contributed by atoms with van der Waals surface area (Å²) in [4.78, 5) is 10.5. The minimum Gasteiger partial charge on any atom is -0.493 e. The lowest BCUT2D eigenvalue weighted by Gasteiger charge is -2.15. The number of ether oxygens (including phenoxy) is 3. The van der Waals surface area contributed by atoms with Gasteiger partial charge in [0.05, 0.1) is 37.2 Å². The highest BCUT2D eigenvalue weighted by atomic mass is 35.5. The van der Waals surface area contributed by atoms with E-state index in [2.05, 4.69) is 0 Å². The summed E-state index contributed by atoms with van der Waals surface area (Å²) in [6, 6.07) is 2.89. The molecule has 0 saturated carbocycles. The lowest BCUT2D eigenvalue weighted by atomic mass is 10.1. The predicted molar refractivity (Wildman–Crippen MR) is 69.1 cm³/mol. The molecule has 1 saturated heterocycles. The molecule has 2 rings (SSSR count). The quantitative estimate of drug-likeness (QED) is 0.473. The van der Waals surface area contributed by atoms with Crippen LogP contribution in [-0.2, 0) is 10.6 Å². The van der Waals surface area contributed by atoms with Crippen molar-refractivity contribution in [3.63, 3.8) is 0 Å². The van der Waals surface area contributed by atoms with E-state index in [9.17, 15) is 10.1 Å². The Morgan fingerprint density at radius 2 is 2.32 bits per heavy atom. The van der Waals surface area contributed by atoms with Crippen LogP contribution in [0.25, 0.3) is 0 Å². The van der Waals surface area contributed by atoms with E-state index in [1.165, 1.54) is 19.2 Å². The molecule has 1 unspecified atom stereocenters. The van der Waals surface area contributed by atoms with Crippen molar-refractivity contribution in [2.24, 2.45) is 0 Å². The molecule has 7 heteroatoms. The number of nitro groups is 1. The summed E-state index contributed by atoms with van der Waals surface area (Å²) in [5.41, 5.74) is 0.336. The maximum absolute atomic E-state index is 11.0. The molecule has 1 aliphatic heterocycles. The number of alkyl halides is 1. The van der Waals surface area contributed by atoms with Gasteiger partial charge in [0.1, 0.15) is 6.10 Å². The summed E-state index contributed by atoms with van der Waals surface area (Å²) in [5, 5.41) is 11.0. The summed E-state index contributed by atoms with van der Waals surface area (Å²) >= 11 is 5.71. The fraction of sp³-hybridized carbons (Fsp3) is 0.500. The molecule has 104 valence electrons. The van der Waals surface area contributed by atoms with Crippen LogP contribution in [0.15, 0.2) is 12.1 Å².